The molecule has 1 aromatic carbocycles. The van der Waals surface area contributed by atoms with Gasteiger partial charge in [-0.05, 0) is 6.07 Å². The van der Waals surface area contributed by atoms with Crippen molar-refractivity contribution in [2.75, 3.05) is 18.9 Å². The van der Waals surface area contributed by atoms with E-state index in [1.165, 1.54) is 0 Å². The predicted molar refractivity (Wildman–Crippen MR) is 57.0 cm³/mol. The lowest BCUT2D eigenvalue weighted by Crippen LogP contribution is -2.22. The fourth-order valence-corrected chi connectivity index (χ4v) is 1.59. The molecule has 0 saturated heterocycles. The predicted octanol–water partition coefficient (Wildman–Crippen LogP) is 1.24. The smallest absolute Gasteiger partial charge is 0.251 e. The Labute approximate surface area is 82.8 Å². The van der Waals surface area contributed by atoms with E-state index in [0.29, 0.717) is 6.54 Å². The average Bonchev–Trinajstić information content (AvgIpc) is 2.27. The molecule has 0 aliphatic carbocycles. The maximum absolute atomic E-state index is 11.5. The summed E-state index contributed by atoms with van der Waals surface area (Å²) in [6.07, 6.45) is 1.90. The van der Waals surface area contributed by atoms with Crippen LogP contribution in [-0.2, 0) is 4.79 Å². The molecular formula is C11H12N2O. The summed E-state index contributed by atoms with van der Waals surface area (Å²) < 4.78 is 0. The molecule has 0 atom stereocenters. The van der Waals surface area contributed by atoms with E-state index in [-0.39, 0.29) is 5.91 Å². The van der Waals surface area contributed by atoms with E-state index in [1.54, 1.807) is 7.05 Å². The molecule has 0 spiro atoms. The van der Waals surface area contributed by atoms with Crippen molar-refractivity contribution in [1.29, 1.82) is 0 Å². The number of amides is 1. The van der Waals surface area contributed by atoms with Gasteiger partial charge in [-0.3, -0.25) is 4.79 Å². The molecular weight excluding hydrogens is 176 g/mol. The highest BCUT2D eigenvalue weighted by Gasteiger charge is 2.16. The maximum atomic E-state index is 11.5. The molecule has 14 heavy (non-hydrogen) atoms. The van der Waals surface area contributed by atoms with E-state index in [9.17, 15) is 4.79 Å². The number of anilines is 1. The number of para-hydroxylation sites is 1. The average molecular weight is 188 g/mol. The van der Waals surface area contributed by atoms with Crippen LogP contribution >= 0.6 is 0 Å². The number of carbonyl (C=O) groups excluding carboxylic acids is 1. The fourth-order valence-electron chi connectivity index (χ4n) is 1.59. The van der Waals surface area contributed by atoms with Gasteiger partial charge in [0.25, 0.3) is 5.91 Å². The molecule has 1 aliphatic heterocycles. The second-order valence-electron chi connectivity index (χ2n) is 3.12. The highest BCUT2D eigenvalue weighted by Crippen LogP contribution is 2.26. The van der Waals surface area contributed by atoms with Gasteiger partial charge in [-0.25, -0.2) is 0 Å². The minimum absolute atomic E-state index is 0.0288. The number of benzene rings is 1. The summed E-state index contributed by atoms with van der Waals surface area (Å²) in [5.74, 6) is -0.0288. The Hall–Kier alpha value is -1.77. The lowest BCUT2D eigenvalue weighted by Gasteiger charge is -2.17. The van der Waals surface area contributed by atoms with Crippen LogP contribution in [-0.4, -0.2) is 19.5 Å². The van der Waals surface area contributed by atoms with Gasteiger partial charge in [0.05, 0.1) is 0 Å². The second-order valence-corrected chi connectivity index (χ2v) is 3.12. The van der Waals surface area contributed by atoms with Crippen LogP contribution < -0.4 is 10.6 Å². The molecule has 0 saturated carbocycles. The third kappa shape index (κ3) is 1.37. The van der Waals surface area contributed by atoms with Crippen LogP contribution in [0.15, 0.2) is 30.3 Å². The molecule has 1 amide bonds. The standard InChI is InChI=1S/C11H12N2O/c1-12-11(14)9-6-7-13-10-5-3-2-4-8(9)10/h2-6,13H,7H2,1H3,(H,12,14). The Balaban J connectivity index is 2.45. The molecule has 0 radical (unpaired) electrons. The molecule has 0 aromatic heterocycles. The van der Waals surface area contributed by atoms with Crippen LogP contribution in [0.1, 0.15) is 5.56 Å². The van der Waals surface area contributed by atoms with Crippen LogP contribution in [0.5, 0.6) is 0 Å². The summed E-state index contributed by atoms with van der Waals surface area (Å²) in [6, 6.07) is 7.81. The number of likely N-dealkylation sites (N-methyl/N-ethyl adjacent to an activating group) is 1. The van der Waals surface area contributed by atoms with Crippen molar-refractivity contribution >= 4 is 17.2 Å². The Morgan fingerprint density at radius 3 is 3.00 bits per heavy atom. The van der Waals surface area contributed by atoms with Crippen LogP contribution in [0.25, 0.3) is 5.57 Å². The molecule has 2 N–H and O–H groups in total. The van der Waals surface area contributed by atoms with Gasteiger partial charge >= 0.3 is 0 Å². The lowest BCUT2D eigenvalue weighted by molar-refractivity contribution is -0.115. The van der Waals surface area contributed by atoms with E-state index in [4.69, 9.17) is 0 Å². The molecule has 0 unspecified atom stereocenters. The van der Waals surface area contributed by atoms with Crippen molar-refractivity contribution in [3.63, 3.8) is 0 Å². The highest BCUT2D eigenvalue weighted by atomic mass is 16.1. The van der Waals surface area contributed by atoms with Gasteiger partial charge in [-0.2, -0.15) is 0 Å². The fraction of sp³-hybridized carbons (Fsp3) is 0.182. The first-order valence-corrected chi connectivity index (χ1v) is 4.58. The molecule has 1 aliphatic rings. The molecule has 3 heteroatoms. The first-order valence-electron chi connectivity index (χ1n) is 4.58. The van der Waals surface area contributed by atoms with Gasteiger partial charge in [0.2, 0.25) is 0 Å². The first-order chi connectivity index (χ1) is 6.83. The number of hydrogen-bond acceptors (Lipinski definition) is 2. The highest BCUT2D eigenvalue weighted by molar-refractivity contribution is 6.21. The van der Waals surface area contributed by atoms with E-state index < -0.39 is 0 Å². The van der Waals surface area contributed by atoms with Crippen LogP contribution in [0.3, 0.4) is 0 Å². The number of hydrogen-bond donors (Lipinski definition) is 2. The molecule has 0 fully saturated rings. The summed E-state index contributed by atoms with van der Waals surface area (Å²) in [5.41, 5.74) is 2.74. The summed E-state index contributed by atoms with van der Waals surface area (Å²) in [7, 11) is 1.65. The van der Waals surface area contributed by atoms with Crippen LogP contribution in [0.2, 0.25) is 0 Å². The van der Waals surface area contributed by atoms with Gasteiger partial charge in [0.1, 0.15) is 0 Å². The topological polar surface area (TPSA) is 41.1 Å². The van der Waals surface area contributed by atoms with Crippen molar-refractivity contribution in [1.82, 2.24) is 5.32 Å². The van der Waals surface area contributed by atoms with E-state index in [0.717, 1.165) is 16.8 Å². The number of rotatable bonds is 1. The van der Waals surface area contributed by atoms with E-state index >= 15 is 0 Å². The van der Waals surface area contributed by atoms with Crippen molar-refractivity contribution in [3.8, 4) is 0 Å². The van der Waals surface area contributed by atoms with E-state index in [2.05, 4.69) is 10.6 Å². The quantitative estimate of drug-likeness (QED) is 0.696. The SMILES string of the molecule is CNC(=O)C1=CCNc2ccccc21. The maximum Gasteiger partial charge on any atom is 0.251 e. The molecule has 2 rings (SSSR count). The monoisotopic (exact) mass is 188 g/mol. The third-order valence-electron chi connectivity index (χ3n) is 2.29. The Morgan fingerprint density at radius 1 is 1.43 bits per heavy atom. The normalized spacial score (nSPS) is 13.6. The zero-order chi connectivity index (χ0) is 9.97. The minimum Gasteiger partial charge on any atom is -0.381 e. The van der Waals surface area contributed by atoms with Crippen LogP contribution in [0, 0.1) is 0 Å². The summed E-state index contributed by atoms with van der Waals surface area (Å²) in [5, 5.41) is 5.86. The van der Waals surface area contributed by atoms with Gasteiger partial charge < -0.3 is 10.6 Å². The van der Waals surface area contributed by atoms with Gasteiger partial charge in [-0.15, -0.1) is 0 Å². The molecule has 1 heterocycles. The molecule has 1 aromatic rings. The summed E-state index contributed by atoms with van der Waals surface area (Å²) >= 11 is 0. The Morgan fingerprint density at radius 2 is 2.21 bits per heavy atom. The number of fused-ring (bicyclic) bond motifs is 1. The summed E-state index contributed by atoms with van der Waals surface area (Å²) in [4.78, 5) is 11.5. The van der Waals surface area contributed by atoms with Crippen molar-refractivity contribution in [2.45, 2.75) is 0 Å². The third-order valence-corrected chi connectivity index (χ3v) is 2.29. The minimum atomic E-state index is -0.0288. The van der Waals surface area contributed by atoms with Crippen molar-refractivity contribution in [3.05, 3.63) is 35.9 Å². The van der Waals surface area contributed by atoms with Gasteiger partial charge in [0.15, 0.2) is 0 Å². The number of carbonyl (C=O) groups is 1. The molecule has 3 nitrogen and oxygen atoms in total. The lowest BCUT2D eigenvalue weighted by atomic mass is 10.00. The van der Waals surface area contributed by atoms with Gasteiger partial charge in [0, 0.05) is 30.4 Å². The van der Waals surface area contributed by atoms with Gasteiger partial charge in [-0.1, -0.05) is 24.3 Å². The largest absolute Gasteiger partial charge is 0.381 e. The number of nitrogens with one attached hydrogen (secondary N) is 2. The molecule has 0 bridgehead atoms. The van der Waals surface area contributed by atoms with E-state index in [1.807, 2.05) is 30.3 Å². The zero-order valence-electron chi connectivity index (χ0n) is 8.00. The zero-order valence-corrected chi connectivity index (χ0v) is 8.00. The van der Waals surface area contributed by atoms with Crippen LogP contribution in [0.4, 0.5) is 5.69 Å². The second kappa shape index (κ2) is 3.54. The van der Waals surface area contributed by atoms with Crippen molar-refractivity contribution in [2.24, 2.45) is 0 Å². The molecule has 72 valence electrons. The summed E-state index contributed by atoms with van der Waals surface area (Å²) in [6.45, 7) is 0.708. The van der Waals surface area contributed by atoms with Crippen molar-refractivity contribution < 1.29 is 4.79 Å². The first kappa shape index (κ1) is 8.81. The Kier molecular flexibility index (Phi) is 2.23. The Bertz CT molecular complexity index is 396.